The van der Waals surface area contributed by atoms with E-state index in [1.165, 1.54) is 5.56 Å². The number of rotatable bonds is 4. The number of amides is 1. The molecule has 1 aliphatic rings. The van der Waals surface area contributed by atoms with Crippen molar-refractivity contribution in [3.63, 3.8) is 0 Å². The van der Waals surface area contributed by atoms with Gasteiger partial charge in [0.25, 0.3) is 5.91 Å². The zero-order valence-electron chi connectivity index (χ0n) is 14.4. The molecule has 0 spiro atoms. The molecule has 1 amide bonds. The van der Waals surface area contributed by atoms with Crippen LogP contribution < -0.4 is 11.1 Å². The van der Waals surface area contributed by atoms with Gasteiger partial charge in [0.2, 0.25) is 0 Å². The lowest BCUT2D eigenvalue weighted by Crippen LogP contribution is -2.44. The number of benzene rings is 2. The number of nitrogens with zero attached hydrogens (tertiary/aromatic N) is 1. The van der Waals surface area contributed by atoms with Crippen LogP contribution in [0.2, 0.25) is 5.02 Å². The molecule has 7 heteroatoms. The summed E-state index contributed by atoms with van der Waals surface area (Å²) in [5.74, 6) is -0.124. The van der Waals surface area contributed by atoms with Crippen molar-refractivity contribution in [2.75, 3.05) is 18.8 Å². The van der Waals surface area contributed by atoms with Crippen molar-refractivity contribution in [2.45, 2.75) is 25.4 Å². The highest BCUT2D eigenvalue weighted by atomic mass is 35.5. The zero-order valence-corrected chi connectivity index (χ0v) is 16.7. The van der Waals surface area contributed by atoms with Gasteiger partial charge < -0.3 is 11.1 Å². The number of likely N-dealkylation sites (tertiary alicyclic amines) is 1. The van der Waals surface area contributed by atoms with Crippen LogP contribution in [-0.2, 0) is 6.54 Å². The van der Waals surface area contributed by atoms with E-state index >= 15 is 0 Å². The van der Waals surface area contributed by atoms with Crippen LogP contribution >= 0.6 is 36.4 Å². The minimum atomic E-state index is -0.124. The topological polar surface area (TPSA) is 58.4 Å². The quantitative estimate of drug-likeness (QED) is 0.736. The van der Waals surface area contributed by atoms with E-state index in [2.05, 4.69) is 34.5 Å². The number of anilines is 1. The Hall–Kier alpha value is -1.46. The maximum absolute atomic E-state index is 12.4. The van der Waals surface area contributed by atoms with E-state index in [-0.39, 0.29) is 36.8 Å². The Bertz CT molecular complexity index is 704. The summed E-state index contributed by atoms with van der Waals surface area (Å²) in [6, 6.07) is 15.6. The first-order valence-electron chi connectivity index (χ1n) is 8.24. The molecule has 0 radical (unpaired) electrons. The highest BCUT2D eigenvalue weighted by Gasteiger charge is 2.22. The van der Waals surface area contributed by atoms with Crippen LogP contribution in [0.25, 0.3) is 0 Å². The fourth-order valence-electron chi connectivity index (χ4n) is 3.06. The number of nitrogen functional groups attached to an aromatic ring is 1. The Morgan fingerprint density at radius 1 is 1.12 bits per heavy atom. The summed E-state index contributed by atoms with van der Waals surface area (Å²) in [6.07, 6.45) is 1.90. The van der Waals surface area contributed by atoms with Gasteiger partial charge in [-0.1, -0.05) is 41.9 Å². The number of hydrogen-bond donors (Lipinski definition) is 2. The molecule has 0 saturated carbocycles. The molecule has 0 aliphatic carbocycles. The number of carbonyl (C=O) groups excluding carboxylic acids is 1. The first-order chi connectivity index (χ1) is 11.6. The third kappa shape index (κ3) is 6.06. The molecule has 1 aliphatic heterocycles. The predicted molar refractivity (Wildman–Crippen MR) is 113 cm³/mol. The van der Waals surface area contributed by atoms with Crippen LogP contribution in [0, 0.1) is 0 Å². The molecule has 2 aromatic carbocycles. The summed E-state index contributed by atoms with van der Waals surface area (Å²) in [5, 5.41) is 3.49. The number of hydrogen-bond acceptors (Lipinski definition) is 3. The van der Waals surface area contributed by atoms with Gasteiger partial charge >= 0.3 is 0 Å². The molecule has 0 bridgehead atoms. The monoisotopic (exact) mass is 415 g/mol. The molecule has 1 saturated heterocycles. The summed E-state index contributed by atoms with van der Waals surface area (Å²) in [6.45, 7) is 2.93. The van der Waals surface area contributed by atoms with Crippen LogP contribution in [0.4, 0.5) is 5.69 Å². The molecular formula is C19H24Cl3N3O. The Labute approximate surface area is 171 Å². The van der Waals surface area contributed by atoms with E-state index in [1.807, 2.05) is 6.07 Å². The molecule has 26 heavy (non-hydrogen) atoms. The van der Waals surface area contributed by atoms with Gasteiger partial charge in [-0.3, -0.25) is 9.69 Å². The third-order valence-electron chi connectivity index (χ3n) is 4.41. The van der Waals surface area contributed by atoms with Crippen LogP contribution in [0.3, 0.4) is 0 Å². The molecule has 0 atom stereocenters. The zero-order chi connectivity index (χ0) is 16.9. The van der Waals surface area contributed by atoms with Crippen molar-refractivity contribution < 1.29 is 4.79 Å². The van der Waals surface area contributed by atoms with Gasteiger partial charge in [0.15, 0.2) is 0 Å². The largest absolute Gasteiger partial charge is 0.399 e. The average Bonchev–Trinajstić information content (AvgIpc) is 2.57. The minimum absolute atomic E-state index is 0. The van der Waals surface area contributed by atoms with E-state index < -0.39 is 0 Å². The van der Waals surface area contributed by atoms with Gasteiger partial charge in [-0.05, 0) is 36.6 Å². The van der Waals surface area contributed by atoms with Crippen LogP contribution in [0.15, 0.2) is 48.5 Å². The normalized spacial score (nSPS) is 14.8. The molecule has 1 fully saturated rings. The maximum Gasteiger partial charge on any atom is 0.253 e. The van der Waals surface area contributed by atoms with Gasteiger partial charge in [-0.2, -0.15) is 0 Å². The van der Waals surface area contributed by atoms with Crippen molar-refractivity contribution in [3.05, 3.63) is 64.7 Å². The fraction of sp³-hybridized carbons (Fsp3) is 0.316. The lowest BCUT2D eigenvalue weighted by atomic mass is 10.0. The van der Waals surface area contributed by atoms with E-state index in [4.69, 9.17) is 17.3 Å². The van der Waals surface area contributed by atoms with E-state index in [0.717, 1.165) is 32.5 Å². The van der Waals surface area contributed by atoms with Crippen molar-refractivity contribution in [2.24, 2.45) is 0 Å². The summed E-state index contributed by atoms with van der Waals surface area (Å²) in [4.78, 5) is 14.8. The predicted octanol–water partition coefficient (Wildman–Crippen LogP) is 4.16. The van der Waals surface area contributed by atoms with Crippen LogP contribution in [0.1, 0.15) is 28.8 Å². The first kappa shape index (κ1) is 22.6. The Balaban J connectivity index is 0.00000169. The molecule has 142 valence electrons. The molecule has 4 nitrogen and oxygen atoms in total. The molecular weight excluding hydrogens is 393 g/mol. The Morgan fingerprint density at radius 3 is 2.38 bits per heavy atom. The van der Waals surface area contributed by atoms with E-state index in [0.29, 0.717) is 16.3 Å². The number of carbonyl (C=O) groups is 1. The summed E-state index contributed by atoms with van der Waals surface area (Å²) < 4.78 is 0. The number of nitrogens with one attached hydrogen (secondary N) is 1. The van der Waals surface area contributed by atoms with Crippen molar-refractivity contribution in [3.8, 4) is 0 Å². The Morgan fingerprint density at radius 2 is 1.77 bits per heavy atom. The Kier molecular flexibility index (Phi) is 9.23. The third-order valence-corrected chi connectivity index (χ3v) is 4.72. The van der Waals surface area contributed by atoms with Gasteiger partial charge in [-0.15, -0.1) is 24.8 Å². The molecule has 2 aromatic rings. The SMILES string of the molecule is Cl.Cl.Nc1ccc(C(=O)NC2CCN(Cc3ccccc3)CC2)c(Cl)c1. The van der Waals surface area contributed by atoms with Gasteiger partial charge in [0.1, 0.15) is 0 Å². The first-order valence-corrected chi connectivity index (χ1v) is 8.62. The van der Waals surface area contributed by atoms with Gasteiger partial charge in [0, 0.05) is 31.4 Å². The summed E-state index contributed by atoms with van der Waals surface area (Å²) in [5.41, 5.74) is 8.04. The average molecular weight is 417 g/mol. The lowest BCUT2D eigenvalue weighted by molar-refractivity contribution is 0.0909. The molecule has 0 aromatic heterocycles. The van der Waals surface area contributed by atoms with Crippen LogP contribution in [0.5, 0.6) is 0 Å². The number of piperidine rings is 1. The van der Waals surface area contributed by atoms with E-state index in [1.54, 1.807) is 18.2 Å². The smallest absolute Gasteiger partial charge is 0.253 e. The standard InChI is InChI=1S/C19H22ClN3O.2ClH/c20-18-12-15(21)6-7-17(18)19(24)22-16-8-10-23(11-9-16)13-14-4-2-1-3-5-14;;/h1-7,12,16H,8-11,13,21H2,(H,22,24);2*1H. The molecule has 3 rings (SSSR count). The highest BCUT2D eigenvalue weighted by molar-refractivity contribution is 6.34. The van der Waals surface area contributed by atoms with Crippen molar-refractivity contribution in [1.82, 2.24) is 10.2 Å². The lowest BCUT2D eigenvalue weighted by Gasteiger charge is -2.32. The summed E-state index contributed by atoms with van der Waals surface area (Å²) >= 11 is 6.11. The second-order valence-electron chi connectivity index (χ2n) is 6.25. The fourth-order valence-corrected chi connectivity index (χ4v) is 3.33. The summed E-state index contributed by atoms with van der Waals surface area (Å²) in [7, 11) is 0. The van der Waals surface area contributed by atoms with Gasteiger partial charge in [0.05, 0.1) is 10.6 Å². The number of nitrogens with two attached hydrogens (primary N) is 1. The number of halogens is 3. The highest BCUT2D eigenvalue weighted by Crippen LogP contribution is 2.20. The van der Waals surface area contributed by atoms with Crippen molar-refractivity contribution in [1.29, 1.82) is 0 Å². The molecule has 1 heterocycles. The van der Waals surface area contributed by atoms with Crippen molar-refractivity contribution >= 4 is 48.0 Å². The van der Waals surface area contributed by atoms with Gasteiger partial charge in [-0.25, -0.2) is 0 Å². The second kappa shape index (κ2) is 10.6. The molecule has 3 N–H and O–H groups in total. The van der Waals surface area contributed by atoms with Crippen LogP contribution in [-0.4, -0.2) is 29.9 Å². The maximum atomic E-state index is 12.4. The second-order valence-corrected chi connectivity index (χ2v) is 6.66. The molecule has 0 unspecified atom stereocenters. The minimum Gasteiger partial charge on any atom is -0.399 e. The van der Waals surface area contributed by atoms with E-state index in [9.17, 15) is 4.79 Å².